The molecule has 154 valence electrons. The number of aliphatic hydroxyl groups is 2. The summed E-state index contributed by atoms with van der Waals surface area (Å²) in [5.74, 6) is -3.93. The van der Waals surface area contributed by atoms with Gasteiger partial charge in [-0.05, 0) is 38.1 Å². The van der Waals surface area contributed by atoms with Crippen molar-refractivity contribution >= 4 is 23.9 Å². The summed E-state index contributed by atoms with van der Waals surface area (Å²) >= 11 is 0. The summed E-state index contributed by atoms with van der Waals surface area (Å²) in [5.41, 5.74) is 2.83. The lowest BCUT2D eigenvalue weighted by molar-refractivity contribution is -0.155. The number of esters is 2. The van der Waals surface area contributed by atoms with Crippen LogP contribution in [-0.2, 0) is 14.3 Å². The summed E-state index contributed by atoms with van der Waals surface area (Å²) in [6.07, 6.45) is -3.39. The number of aryl methyl sites for hydroxylation is 2. The van der Waals surface area contributed by atoms with Gasteiger partial charge in [0.25, 0.3) is 0 Å². The van der Waals surface area contributed by atoms with Crippen LogP contribution in [0, 0.1) is 13.8 Å². The van der Waals surface area contributed by atoms with Crippen molar-refractivity contribution in [3.8, 4) is 0 Å². The van der Waals surface area contributed by atoms with E-state index in [1.807, 2.05) is 13.8 Å². The van der Waals surface area contributed by atoms with Gasteiger partial charge in [-0.1, -0.05) is 35.4 Å². The second kappa shape index (κ2) is 10.7. The molecule has 9 nitrogen and oxygen atoms in total. The molecule has 0 radical (unpaired) electrons. The third-order valence-corrected chi connectivity index (χ3v) is 3.58. The highest BCUT2D eigenvalue weighted by molar-refractivity contribution is 5.99. The van der Waals surface area contributed by atoms with Crippen molar-refractivity contribution in [1.82, 2.24) is 0 Å². The maximum absolute atomic E-state index is 10.3. The lowest BCUT2D eigenvalue weighted by Gasteiger charge is -1.95. The van der Waals surface area contributed by atoms with Crippen LogP contribution in [0.25, 0.3) is 0 Å². The number of cyclic esters (lactones) is 2. The molecule has 2 aromatic carbocycles. The Kier molecular flexibility index (Phi) is 8.66. The van der Waals surface area contributed by atoms with Crippen LogP contribution in [-0.4, -0.2) is 56.5 Å². The lowest BCUT2D eigenvalue weighted by atomic mass is 10.2. The molecular weight excluding hydrogens is 384 g/mol. The Labute approximate surface area is 165 Å². The van der Waals surface area contributed by atoms with E-state index >= 15 is 0 Å². The highest BCUT2D eigenvalue weighted by Gasteiger charge is 2.41. The Morgan fingerprint density at radius 1 is 0.690 bits per heavy atom. The third-order valence-electron chi connectivity index (χ3n) is 3.58. The topological polar surface area (TPSA) is 158 Å². The molecule has 1 heterocycles. The number of ether oxygens (including phenoxy) is 1. The highest BCUT2D eigenvalue weighted by atomic mass is 16.6. The number of hydrogen-bond donors (Lipinski definition) is 4. The standard InChI is InChI=1S/2C8H8O2.C4H4O5/c2*1-6-2-4-7(5-3-6)8(9)10;5-1-2(6)4(8)9-3(1)7/h2*2-5H,1H3,(H,9,10);1-2,5-6H. The molecule has 4 N–H and O–H groups in total. The molecule has 0 aliphatic carbocycles. The third kappa shape index (κ3) is 7.53. The van der Waals surface area contributed by atoms with Crippen LogP contribution in [0.5, 0.6) is 0 Å². The van der Waals surface area contributed by atoms with Crippen LogP contribution < -0.4 is 0 Å². The summed E-state index contributed by atoms with van der Waals surface area (Å²) < 4.78 is 3.81. The zero-order valence-corrected chi connectivity index (χ0v) is 15.6. The monoisotopic (exact) mass is 404 g/mol. The van der Waals surface area contributed by atoms with Crippen molar-refractivity contribution in [3.05, 3.63) is 70.8 Å². The van der Waals surface area contributed by atoms with Crippen molar-refractivity contribution in [2.24, 2.45) is 0 Å². The molecule has 0 amide bonds. The fourth-order valence-electron chi connectivity index (χ4n) is 1.87. The zero-order chi connectivity index (χ0) is 22.1. The first-order chi connectivity index (χ1) is 13.5. The molecule has 2 atom stereocenters. The quantitative estimate of drug-likeness (QED) is 0.426. The van der Waals surface area contributed by atoms with E-state index < -0.39 is 36.1 Å². The van der Waals surface area contributed by atoms with Crippen molar-refractivity contribution in [2.45, 2.75) is 26.1 Å². The fourth-order valence-corrected chi connectivity index (χ4v) is 1.87. The average molecular weight is 404 g/mol. The predicted molar refractivity (Wildman–Crippen MR) is 99.4 cm³/mol. The molecule has 1 saturated heterocycles. The molecule has 1 fully saturated rings. The Bertz CT molecular complexity index is 796. The largest absolute Gasteiger partial charge is 0.478 e. The summed E-state index contributed by atoms with van der Waals surface area (Å²) in [6.45, 7) is 3.84. The molecule has 0 aromatic heterocycles. The van der Waals surface area contributed by atoms with E-state index in [2.05, 4.69) is 4.74 Å². The molecule has 1 aliphatic heterocycles. The number of aromatic carboxylic acids is 2. The number of benzene rings is 2. The van der Waals surface area contributed by atoms with Crippen LogP contribution in [0.1, 0.15) is 31.8 Å². The van der Waals surface area contributed by atoms with Gasteiger partial charge in [0.1, 0.15) is 0 Å². The molecule has 0 saturated carbocycles. The van der Waals surface area contributed by atoms with Gasteiger partial charge in [0, 0.05) is 0 Å². The number of carboxylic acids is 2. The van der Waals surface area contributed by atoms with Gasteiger partial charge in [0.2, 0.25) is 0 Å². The van der Waals surface area contributed by atoms with Crippen molar-refractivity contribution in [1.29, 1.82) is 0 Å². The van der Waals surface area contributed by atoms with Gasteiger partial charge in [-0.3, -0.25) is 0 Å². The van der Waals surface area contributed by atoms with E-state index in [0.29, 0.717) is 11.1 Å². The lowest BCUT2D eigenvalue weighted by Crippen LogP contribution is -2.27. The van der Waals surface area contributed by atoms with Crippen molar-refractivity contribution in [2.75, 3.05) is 0 Å². The minimum absolute atomic E-state index is 0.339. The normalized spacial score (nSPS) is 17.2. The van der Waals surface area contributed by atoms with Crippen LogP contribution in [0.3, 0.4) is 0 Å². The van der Waals surface area contributed by atoms with E-state index in [4.69, 9.17) is 20.4 Å². The summed E-state index contributed by atoms with van der Waals surface area (Å²) in [6, 6.07) is 13.5. The molecule has 0 spiro atoms. The first kappa shape index (κ1) is 23.5. The SMILES string of the molecule is Cc1ccc(C(=O)O)cc1.Cc1ccc(C(=O)O)cc1.O=C1OC(=O)C(O)C1O. The van der Waals surface area contributed by atoms with E-state index in [1.54, 1.807) is 48.5 Å². The number of aliphatic hydroxyl groups excluding tert-OH is 2. The molecule has 0 bridgehead atoms. The van der Waals surface area contributed by atoms with E-state index in [9.17, 15) is 19.2 Å². The molecule has 1 aliphatic rings. The summed E-state index contributed by atoms with van der Waals surface area (Å²) in [7, 11) is 0. The van der Waals surface area contributed by atoms with Gasteiger partial charge < -0.3 is 25.2 Å². The first-order valence-corrected chi connectivity index (χ1v) is 8.24. The maximum Gasteiger partial charge on any atom is 0.346 e. The second-order valence-corrected chi connectivity index (χ2v) is 5.97. The number of carboxylic acid groups (broad SMARTS) is 2. The molecule has 2 unspecified atom stereocenters. The van der Waals surface area contributed by atoms with Gasteiger partial charge in [-0.15, -0.1) is 0 Å². The van der Waals surface area contributed by atoms with Crippen LogP contribution in [0.2, 0.25) is 0 Å². The Morgan fingerprint density at radius 2 is 0.966 bits per heavy atom. The second-order valence-electron chi connectivity index (χ2n) is 5.97. The number of carbonyl (C=O) groups excluding carboxylic acids is 2. The average Bonchev–Trinajstić information content (AvgIpc) is 2.89. The summed E-state index contributed by atoms with van der Waals surface area (Å²) in [4.78, 5) is 40.9. The highest BCUT2D eigenvalue weighted by Crippen LogP contribution is 2.07. The van der Waals surface area contributed by atoms with Gasteiger partial charge in [-0.25, -0.2) is 19.2 Å². The molecular formula is C20H20O9. The number of carbonyl (C=O) groups is 4. The van der Waals surface area contributed by atoms with Gasteiger partial charge in [0.15, 0.2) is 12.2 Å². The van der Waals surface area contributed by atoms with Gasteiger partial charge >= 0.3 is 23.9 Å². The first-order valence-electron chi connectivity index (χ1n) is 8.24. The Morgan fingerprint density at radius 3 is 1.14 bits per heavy atom. The van der Waals surface area contributed by atoms with Gasteiger partial charge in [0.05, 0.1) is 11.1 Å². The van der Waals surface area contributed by atoms with Crippen molar-refractivity contribution < 1.29 is 44.3 Å². The molecule has 9 heteroatoms. The van der Waals surface area contributed by atoms with Crippen molar-refractivity contribution in [3.63, 3.8) is 0 Å². The van der Waals surface area contributed by atoms with Crippen LogP contribution >= 0.6 is 0 Å². The predicted octanol–water partition coefficient (Wildman–Crippen LogP) is 1.18. The number of hydrogen-bond acceptors (Lipinski definition) is 7. The zero-order valence-electron chi connectivity index (χ0n) is 15.6. The Balaban J connectivity index is 0.000000218. The van der Waals surface area contributed by atoms with Crippen LogP contribution in [0.4, 0.5) is 0 Å². The minimum Gasteiger partial charge on any atom is -0.478 e. The molecule has 3 rings (SSSR count). The molecule has 2 aromatic rings. The Hall–Kier alpha value is -3.56. The van der Waals surface area contributed by atoms with E-state index in [1.165, 1.54) is 0 Å². The maximum atomic E-state index is 10.3. The summed E-state index contributed by atoms with van der Waals surface area (Å²) in [5, 5.41) is 33.9. The number of rotatable bonds is 2. The molecule has 29 heavy (non-hydrogen) atoms. The van der Waals surface area contributed by atoms with Crippen LogP contribution in [0.15, 0.2) is 48.5 Å². The smallest absolute Gasteiger partial charge is 0.346 e. The van der Waals surface area contributed by atoms with E-state index in [0.717, 1.165) is 11.1 Å². The van der Waals surface area contributed by atoms with Gasteiger partial charge in [-0.2, -0.15) is 0 Å². The minimum atomic E-state index is -1.70. The fraction of sp³-hybridized carbons (Fsp3) is 0.200. The van der Waals surface area contributed by atoms with E-state index in [-0.39, 0.29) is 0 Å².